The molecule has 2 aromatic heterocycles. The molecule has 4 aromatic rings. The smallest absolute Gasteiger partial charge is 0.245 e. The summed E-state index contributed by atoms with van der Waals surface area (Å²) in [6.07, 6.45) is 7.32. The zero-order valence-corrected chi connectivity index (χ0v) is 25.9. The summed E-state index contributed by atoms with van der Waals surface area (Å²) in [5.74, 6) is 2.78. The van der Waals surface area contributed by atoms with Crippen LogP contribution in [0, 0.1) is 12.3 Å². The lowest BCUT2D eigenvalue weighted by atomic mass is 9.72. The number of likely N-dealkylation sites (tertiary alicyclic amines) is 2. The molecule has 5 heterocycles. The summed E-state index contributed by atoms with van der Waals surface area (Å²) < 4.78 is 6.20. The number of ether oxygens (including phenoxy) is 1. The Morgan fingerprint density at radius 2 is 1.86 bits per heavy atom. The molecule has 10 heteroatoms. The number of hydrogen-bond donors (Lipinski definition) is 1. The van der Waals surface area contributed by atoms with E-state index in [-0.39, 0.29) is 17.2 Å². The second kappa shape index (κ2) is 10.8. The lowest BCUT2D eigenvalue weighted by Gasteiger charge is -2.54. The van der Waals surface area contributed by atoms with E-state index in [1.54, 1.807) is 7.11 Å². The number of carbonyl (C=O) groups excluding carboxylic acids is 1. The van der Waals surface area contributed by atoms with Crippen LogP contribution in [-0.2, 0) is 4.79 Å². The van der Waals surface area contributed by atoms with E-state index in [9.17, 15) is 4.79 Å². The number of benzene rings is 2. The van der Waals surface area contributed by atoms with Crippen LogP contribution in [-0.4, -0.2) is 89.3 Å². The van der Waals surface area contributed by atoms with Crippen LogP contribution in [0.25, 0.3) is 32.9 Å². The first-order valence-electron chi connectivity index (χ1n) is 15.2. The minimum absolute atomic E-state index is 0.0245. The predicted octanol–water partition coefficient (Wildman–Crippen LogP) is 5.57. The summed E-state index contributed by atoms with van der Waals surface area (Å²) in [5.41, 5.74) is 4.84. The molecule has 0 unspecified atom stereocenters. The van der Waals surface area contributed by atoms with Crippen LogP contribution in [0.5, 0.6) is 5.75 Å². The predicted molar refractivity (Wildman–Crippen MR) is 171 cm³/mol. The molecule has 1 N–H and O–H groups in total. The van der Waals surface area contributed by atoms with Gasteiger partial charge in [0.25, 0.3) is 0 Å². The second-order valence-corrected chi connectivity index (χ2v) is 13.0. The van der Waals surface area contributed by atoms with Crippen molar-refractivity contribution in [3.63, 3.8) is 0 Å². The van der Waals surface area contributed by atoms with Crippen LogP contribution in [0.15, 0.2) is 37.1 Å². The van der Waals surface area contributed by atoms with Gasteiger partial charge in [-0.15, -0.1) is 0 Å². The molecule has 0 aliphatic carbocycles. The van der Waals surface area contributed by atoms with Crippen molar-refractivity contribution in [2.24, 2.45) is 5.41 Å². The highest BCUT2D eigenvalue weighted by Gasteiger charge is 2.46. The van der Waals surface area contributed by atoms with Gasteiger partial charge in [-0.25, -0.2) is 9.97 Å². The first-order valence-corrected chi connectivity index (χ1v) is 15.5. The number of rotatable bonds is 5. The Labute approximate surface area is 256 Å². The molecular formula is C33H38ClN7O2. The molecule has 7 rings (SSSR count). The van der Waals surface area contributed by atoms with Crippen molar-refractivity contribution in [3.05, 3.63) is 53.5 Å². The maximum Gasteiger partial charge on any atom is 0.245 e. The van der Waals surface area contributed by atoms with E-state index in [0.717, 1.165) is 115 Å². The van der Waals surface area contributed by atoms with Crippen molar-refractivity contribution in [1.29, 1.82) is 0 Å². The van der Waals surface area contributed by atoms with Gasteiger partial charge >= 0.3 is 0 Å². The zero-order chi connectivity index (χ0) is 29.9. The van der Waals surface area contributed by atoms with Gasteiger partial charge in [-0.1, -0.05) is 24.2 Å². The van der Waals surface area contributed by atoms with Gasteiger partial charge in [-0.2, -0.15) is 5.10 Å². The molecule has 3 aliphatic rings. The molecule has 1 spiro atoms. The number of aromatic nitrogens is 4. The fourth-order valence-electron chi connectivity index (χ4n) is 7.34. The topological polar surface area (TPSA) is 90.5 Å². The Kier molecular flexibility index (Phi) is 7.05. The number of methoxy groups -OCH3 is 1. The summed E-state index contributed by atoms with van der Waals surface area (Å²) in [5, 5.41) is 9.90. The molecule has 0 saturated carbocycles. The highest BCUT2D eigenvalue weighted by molar-refractivity contribution is 6.35. The summed E-state index contributed by atoms with van der Waals surface area (Å²) in [4.78, 5) is 29.3. The fourth-order valence-corrected chi connectivity index (χ4v) is 7.63. The van der Waals surface area contributed by atoms with Gasteiger partial charge in [0.1, 0.15) is 17.2 Å². The molecule has 1 amide bonds. The lowest BCUT2D eigenvalue weighted by molar-refractivity contribution is -0.139. The minimum Gasteiger partial charge on any atom is -0.494 e. The molecule has 43 heavy (non-hydrogen) atoms. The molecule has 0 atom stereocenters. The largest absolute Gasteiger partial charge is 0.494 e. The normalized spacial score (nSPS) is 19.3. The van der Waals surface area contributed by atoms with Gasteiger partial charge < -0.3 is 19.4 Å². The van der Waals surface area contributed by atoms with E-state index in [2.05, 4.69) is 46.6 Å². The van der Waals surface area contributed by atoms with E-state index in [1.807, 2.05) is 23.2 Å². The summed E-state index contributed by atoms with van der Waals surface area (Å²) in [7, 11) is 3.88. The average Bonchev–Trinajstić information content (AvgIpc) is 3.48. The summed E-state index contributed by atoms with van der Waals surface area (Å²) >= 11 is 7.18. The van der Waals surface area contributed by atoms with Gasteiger partial charge in [0.05, 0.1) is 23.8 Å². The zero-order valence-electron chi connectivity index (χ0n) is 25.1. The Bertz CT molecular complexity index is 1730. The van der Waals surface area contributed by atoms with Crippen molar-refractivity contribution in [2.45, 2.75) is 38.5 Å². The highest BCUT2D eigenvalue weighted by Crippen LogP contribution is 2.48. The number of nitrogens with one attached hydrogen (secondary N) is 1. The number of nitrogens with zero attached hydrogens (tertiary/aromatic N) is 6. The Morgan fingerprint density at radius 1 is 1.12 bits per heavy atom. The number of halogens is 1. The Balaban J connectivity index is 1.34. The SMILES string of the molecule is C=CC(=O)N1CC2(CCN(c3nc(C4CCN(C)CC4)nc4c(OC)c(-c5c(C)ccc6[nH]ncc56)c(Cl)cc34)CC2)C1. The van der Waals surface area contributed by atoms with E-state index < -0.39 is 0 Å². The third kappa shape index (κ3) is 4.73. The Morgan fingerprint density at radius 3 is 2.56 bits per heavy atom. The number of fused-ring (bicyclic) bond motifs is 2. The van der Waals surface area contributed by atoms with Crippen molar-refractivity contribution in [2.75, 3.05) is 58.3 Å². The molecule has 2 aromatic carbocycles. The van der Waals surface area contributed by atoms with E-state index in [4.69, 9.17) is 26.3 Å². The van der Waals surface area contributed by atoms with Crippen LogP contribution < -0.4 is 9.64 Å². The molecular weight excluding hydrogens is 562 g/mol. The number of amides is 1. The molecule has 9 nitrogen and oxygen atoms in total. The van der Waals surface area contributed by atoms with Gasteiger partial charge in [-0.05, 0) is 76.5 Å². The number of aromatic amines is 1. The third-order valence-corrected chi connectivity index (χ3v) is 10.2. The van der Waals surface area contributed by atoms with Gasteiger partial charge in [0, 0.05) is 59.4 Å². The van der Waals surface area contributed by atoms with Crippen molar-refractivity contribution in [1.82, 2.24) is 30.0 Å². The number of anilines is 1. The van der Waals surface area contributed by atoms with E-state index in [1.165, 1.54) is 6.08 Å². The Hall–Kier alpha value is -3.69. The lowest BCUT2D eigenvalue weighted by Crippen LogP contribution is -2.61. The standard InChI is InChI=1S/C33H38ClN7O2/c1-5-26(42)41-18-33(19-41)10-14-40(15-11-33)32-22-16-24(34)28(27-20(2)6-7-25-23(27)17-35-38-25)30(43-4)29(22)36-31(37-32)21-8-12-39(3)13-9-21/h5-7,16-17,21H,1,8-15,18-19H2,2-4H3,(H,35,38). The van der Waals surface area contributed by atoms with E-state index in [0.29, 0.717) is 10.8 Å². The number of carbonyl (C=O) groups is 1. The third-order valence-electron chi connectivity index (χ3n) is 9.93. The van der Waals surface area contributed by atoms with Crippen LogP contribution in [0.1, 0.15) is 43.0 Å². The molecule has 3 aliphatic heterocycles. The minimum atomic E-state index is 0.0245. The monoisotopic (exact) mass is 599 g/mol. The summed E-state index contributed by atoms with van der Waals surface area (Å²) in [6.45, 7) is 11.1. The number of piperidine rings is 2. The van der Waals surface area contributed by atoms with Crippen LogP contribution in [0.2, 0.25) is 5.02 Å². The highest BCUT2D eigenvalue weighted by atomic mass is 35.5. The molecule has 0 radical (unpaired) electrons. The van der Waals surface area contributed by atoms with Gasteiger partial charge in [0.2, 0.25) is 5.91 Å². The van der Waals surface area contributed by atoms with Crippen molar-refractivity contribution < 1.29 is 9.53 Å². The van der Waals surface area contributed by atoms with Crippen LogP contribution in [0.4, 0.5) is 5.82 Å². The van der Waals surface area contributed by atoms with Crippen LogP contribution >= 0.6 is 11.6 Å². The molecule has 224 valence electrons. The number of aryl methyl sites for hydroxylation is 1. The first kappa shape index (κ1) is 28.1. The molecule has 3 saturated heterocycles. The fraction of sp³-hybridized carbons (Fsp3) is 0.455. The maximum atomic E-state index is 12.1. The maximum absolute atomic E-state index is 12.1. The second-order valence-electron chi connectivity index (χ2n) is 12.6. The van der Waals surface area contributed by atoms with Crippen LogP contribution in [0.3, 0.4) is 0 Å². The first-order chi connectivity index (χ1) is 20.8. The number of H-pyrrole nitrogens is 1. The van der Waals surface area contributed by atoms with Gasteiger partial charge in [0.15, 0.2) is 5.75 Å². The van der Waals surface area contributed by atoms with Gasteiger partial charge in [-0.3, -0.25) is 9.89 Å². The van der Waals surface area contributed by atoms with Crippen molar-refractivity contribution in [3.8, 4) is 16.9 Å². The molecule has 3 fully saturated rings. The van der Waals surface area contributed by atoms with E-state index >= 15 is 0 Å². The average molecular weight is 600 g/mol. The quantitative estimate of drug-likeness (QED) is 0.300. The summed E-state index contributed by atoms with van der Waals surface area (Å²) in [6, 6.07) is 6.15. The number of hydrogen-bond acceptors (Lipinski definition) is 7. The van der Waals surface area contributed by atoms with Crippen molar-refractivity contribution >= 4 is 45.1 Å². The molecule has 0 bridgehead atoms.